The number of aliphatic hydroxyl groups is 1. The molecule has 0 fully saturated rings. The normalized spacial score (nSPS) is 11.3. The van der Waals surface area contributed by atoms with E-state index in [2.05, 4.69) is 11.8 Å². The molecule has 1 N–H and O–H groups in total. The molecule has 0 spiro atoms. The molecule has 2 rings (SSSR count). The molecule has 20 heavy (non-hydrogen) atoms. The molecule has 4 heteroatoms. The highest BCUT2D eigenvalue weighted by atomic mass is 32.1. The third-order valence-electron chi connectivity index (χ3n) is 2.28. The zero-order valence-electron chi connectivity index (χ0n) is 11.2. The number of rotatable bonds is 3. The molecule has 2 aromatic heterocycles. The second kappa shape index (κ2) is 6.19. The Morgan fingerprint density at radius 2 is 2.15 bits per heavy atom. The summed E-state index contributed by atoms with van der Waals surface area (Å²) in [6.45, 7) is 3.26. The predicted molar refractivity (Wildman–Crippen MR) is 85.2 cm³/mol. The first-order valence-electron chi connectivity index (χ1n) is 6.05. The van der Waals surface area contributed by atoms with Crippen molar-refractivity contribution in [3.05, 3.63) is 50.4 Å². The first-order chi connectivity index (χ1) is 9.44. The Bertz CT molecular complexity index is 674. The van der Waals surface area contributed by atoms with E-state index in [1.807, 2.05) is 23.6 Å². The van der Waals surface area contributed by atoms with Crippen LogP contribution in [0.5, 0.6) is 0 Å². The van der Waals surface area contributed by atoms with Crippen LogP contribution in [-0.4, -0.2) is 16.5 Å². The fourth-order valence-corrected chi connectivity index (χ4v) is 2.78. The molecule has 2 heterocycles. The molecule has 0 radical (unpaired) electrons. The molecule has 0 aliphatic rings. The van der Waals surface area contributed by atoms with Crippen molar-refractivity contribution in [2.24, 2.45) is 0 Å². The van der Waals surface area contributed by atoms with Gasteiger partial charge in [-0.1, -0.05) is 17.9 Å². The van der Waals surface area contributed by atoms with Gasteiger partial charge in [0.2, 0.25) is 0 Å². The number of hydrogen-bond acceptors (Lipinski definition) is 4. The Morgan fingerprint density at radius 3 is 2.80 bits per heavy atom. The van der Waals surface area contributed by atoms with Crippen molar-refractivity contribution in [2.75, 3.05) is 0 Å². The fraction of sp³-hybridized carbons (Fsp3) is 0.188. The Labute approximate surface area is 126 Å². The number of carbonyl (C=O) groups is 1. The Hall–Kier alpha value is -1.67. The van der Waals surface area contributed by atoms with Crippen molar-refractivity contribution in [1.29, 1.82) is 0 Å². The highest BCUT2D eigenvalue weighted by molar-refractivity contribution is 7.14. The van der Waals surface area contributed by atoms with Crippen molar-refractivity contribution < 1.29 is 9.90 Å². The van der Waals surface area contributed by atoms with Crippen molar-refractivity contribution in [3.63, 3.8) is 0 Å². The number of ketones is 1. The zero-order chi connectivity index (χ0) is 14.6. The minimum Gasteiger partial charge on any atom is -0.378 e. The molecule has 0 unspecified atom stereocenters. The van der Waals surface area contributed by atoms with Gasteiger partial charge in [0.1, 0.15) is 5.60 Å². The highest BCUT2D eigenvalue weighted by Gasteiger charge is 2.08. The summed E-state index contributed by atoms with van der Waals surface area (Å²) in [4.78, 5) is 14.5. The molecule has 0 atom stereocenters. The Morgan fingerprint density at radius 1 is 1.35 bits per heavy atom. The summed E-state index contributed by atoms with van der Waals surface area (Å²) >= 11 is 2.93. The molecule has 2 nitrogen and oxygen atoms in total. The summed E-state index contributed by atoms with van der Waals surface area (Å²) in [5.74, 6) is 5.58. The number of thiophene rings is 2. The van der Waals surface area contributed by atoms with E-state index in [9.17, 15) is 9.90 Å². The van der Waals surface area contributed by atoms with E-state index in [1.165, 1.54) is 11.3 Å². The average molecular weight is 302 g/mol. The van der Waals surface area contributed by atoms with Gasteiger partial charge < -0.3 is 5.11 Å². The van der Waals surface area contributed by atoms with Crippen LogP contribution in [0.4, 0.5) is 0 Å². The topological polar surface area (TPSA) is 37.3 Å². The maximum Gasteiger partial charge on any atom is 0.195 e. The third kappa shape index (κ3) is 4.46. The second-order valence-corrected chi connectivity index (χ2v) is 6.75. The summed E-state index contributed by atoms with van der Waals surface area (Å²) in [7, 11) is 0. The van der Waals surface area contributed by atoms with E-state index in [0.29, 0.717) is 4.88 Å². The van der Waals surface area contributed by atoms with E-state index in [1.54, 1.807) is 43.4 Å². The van der Waals surface area contributed by atoms with Crippen LogP contribution >= 0.6 is 22.7 Å². The van der Waals surface area contributed by atoms with E-state index in [4.69, 9.17) is 0 Å². The maximum atomic E-state index is 12.0. The van der Waals surface area contributed by atoms with Crippen LogP contribution in [0.25, 0.3) is 6.08 Å². The molecule has 0 saturated carbocycles. The van der Waals surface area contributed by atoms with Crippen LogP contribution in [0.15, 0.2) is 35.7 Å². The molecule has 0 aliphatic heterocycles. The summed E-state index contributed by atoms with van der Waals surface area (Å²) in [5.41, 5.74) is -1.02. The minimum atomic E-state index is -1.02. The van der Waals surface area contributed by atoms with Crippen LogP contribution in [0.3, 0.4) is 0 Å². The lowest BCUT2D eigenvalue weighted by atomic mass is 10.1. The molecule has 0 aliphatic carbocycles. The van der Waals surface area contributed by atoms with Gasteiger partial charge in [-0.15, -0.1) is 22.7 Å². The highest BCUT2D eigenvalue weighted by Crippen LogP contribution is 2.18. The summed E-state index contributed by atoms with van der Waals surface area (Å²) in [6.07, 6.45) is 3.39. The van der Waals surface area contributed by atoms with Gasteiger partial charge in [-0.25, -0.2) is 0 Å². The smallest absolute Gasteiger partial charge is 0.195 e. The molecule has 0 amide bonds. The SMILES string of the molecule is CC(C)(O)C#Cc1ccc(C(=O)C=Cc2cccs2)s1. The van der Waals surface area contributed by atoms with Crippen LogP contribution < -0.4 is 0 Å². The zero-order valence-corrected chi connectivity index (χ0v) is 12.8. The summed E-state index contributed by atoms with van der Waals surface area (Å²) in [5, 5.41) is 11.5. The number of hydrogen-bond donors (Lipinski definition) is 1. The Kier molecular flexibility index (Phi) is 4.56. The van der Waals surface area contributed by atoms with Crippen molar-refractivity contribution in [3.8, 4) is 11.8 Å². The van der Waals surface area contributed by atoms with E-state index in [0.717, 1.165) is 9.75 Å². The van der Waals surface area contributed by atoms with Gasteiger partial charge in [0, 0.05) is 4.88 Å². The van der Waals surface area contributed by atoms with Crippen LogP contribution in [0.1, 0.15) is 33.3 Å². The van der Waals surface area contributed by atoms with Gasteiger partial charge in [0.15, 0.2) is 5.78 Å². The predicted octanol–water partition coefficient (Wildman–Crippen LogP) is 3.83. The van der Waals surface area contributed by atoms with E-state index in [-0.39, 0.29) is 5.78 Å². The van der Waals surface area contributed by atoms with Crippen LogP contribution in [0, 0.1) is 11.8 Å². The molecular formula is C16H14O2S2. The van der Waals surface area contributed by atoms with Crippen molar-refractivity contribution >= 4 is 34.5 Å². The number of allylic oxidation sites excluding steroid dienone is 1. The first kappa shape index (κ1) is 14.7. The van der Waals surface area contributed by atoms with Crippen molar-refractivity contribution in [1.82, 2.24) is 0 Å². The van der Waals surface area contributed by atoms with Crippen molar-refractivity contribution in [2.45, 2.75) is 19.4 Å². The summed E-state index contributed by atoms with van der Waals surface area (Å²) in [6, 6.07) is 7.48. The molecule has 102 valence electrons. The van der Waals surface area contributed by atoms with Gasteiger partial charge in [-0.3, -0.25) is 4.79 Å². The van der Waals surface area contributed by atoms with E-state index >= 15 is 0 Å². The lowest BCUT2D eigenvalue weighted by Gasteiger charge is -2.05. The lowest BCUT2D eigenvalue weighted by molar-refractivity contribution is 0.105. The lowest BCUT2D eigenvalue weighted by Crippen LogP contribution is -2.14. The van der Waals surface area contributed by atoms with E-state index < -0.39 is 5.60 Å². The molecule has 2 aromatic rings. The first-order valence-corrected chi connectivity index (χ1v) is 7.75. The van der Waals surface area contributed by atoms with Crippen LogP contribution in [-0.2, 0) is 0 Å². The maximum absolute atomic E-state index is 12.0. The summed E-state index contributed by atoms with van der Waals surface area (Å²) < 4.78 is 0. The molecular weight excluding hydrogens is 288 g/mol. The fourth-order valence-electron chi connectivity index (χ4n) is 1.38. The van der Waals surface area contributed by atoms with Gasteiger partial charge in [0.25, 0.3) is 0 Å². The molecule has 0 saturated heterocycles. The quantitative estimate of drug-likeness (QED) is 0.531. The van der Waals surface area contributed by atoms with Gasteiger partial charge in [-0.2, -0.15) is 0 Å². The van der Waals surface area contributed by atoms with Gasteiger partial charge in [0.05, 0.1) is 9.75 Å². The van der Waals surface area contributed by atoms with Gasteiger partial charge in [-0.05, 0) is 49.6 Å². The molecule has 0 bridgehead atoms. The minimum absolute atomic E-state index is 0.0280. The standard InChI is InChI=1S/C16H14O2S2/c1-16(2,18)10-9-13-6-8-15(20-13)14(17)7-5-12-4-3-11-19-12/h3-8,11,18H,1-2H3. The Balaban J connectivity index is 2.08. The second-order valence-electron chi connectivity index (χ2n) is 4.69. The molecule has 0 aromatic carbocycles. The largest absolute Gasteiger partial charge is 0.378 e. The van der Waals surface area contributed by atoms with Crippen LogP contribution in [0.2, 0.25) is 0 Å². The third-order valence-corrected chi connectivity index (χ3v) is 4.14. The van der Waals surface area contributed by atoms with Gasteiger partial charge >= 0.3 is 0 Å². The monoisotopic (exact) mass is 302 g/mol. The average Bonchev–Trinajstić information content (AvgIpc) is 3.04. The number of carbonyl (C=O) groups excluding carboxylic acids is 1.